The summed E-state index contributed by atoms with van der Waals surface area (Å²) in [5.41, 5.74) is 1.95. The van der Waals surface area contributed by atoms with Gasteiger partial charge in [-0.05, 0) is 37.4 Å². The van der Waals surface area contributed by atoms with Crippen LogP contribution in [-0.4, -0.2) is 37.7 Å². The van der Waals surface area contributed by atoms with Crippen molar-refractivity contribution in [2.75, 3.05) is 26.8 Å². The van der Waals surface area contributed by atoms with Gasteiger partial charge in [-0.1, -0.05) is 19.1 Å². The number of halogens is 1. The molecule has 0 spiro atoms. The molecule has 1 aliphatic rings. The Balaban J connectivity index is 1.97. The van der Waals surface area contributed by atoms with Gasteiger partial charge in [-0.3, -0.25) is 4.90 Å². The molecule has 2 rings (SSSR count). The second kappa shape index (κ2) is 8.47. The molecule has 1 saturated carbocycles. The van der Waals surface area contributed by atoms with Crippen molar-refractivity contribution in [2.45, 2.75) is 45.3 Å². The van der Waals surface area contributed by atoms with Gasteiger partial charge in [-0.2, -0.15) is 0 Å². The summed E-state index contributed by atoms with van der Waals surface area (Å²) >= 11 is 0. The number of benzene rings is 1. The molecule has 0 aliphatic heterocycles. The Labute approximate surface area is 127 Å². The SMILES string of the molecule is CCCNCc1ccc(F)c(CN(CCOC)C2CC2)c1. The van der Waals surface area contributed by atoms with E-state index in [0.29, 0.717) is 19.2 Å². The molecule has 1 aromatic carbocycles. The maximum absolute atomic E-state index is 14.0. The number of nitrogens with zero attached hydrogens (tertiary/aromatic N) is 1. The number of hydrogen-bond donors (Lipinski definition) is 1. The van der Waals surface area contributed by atoms with Crippen LogP contribution < -0.4 is 5.32 Å². The van der Waals surface area contributed by atoms with Crippen molar-refractivity contribution < 1.29 is 9.13 Å². The first-order valence-electron chi connectivity index (χ1n) is 7.95. The third-order valence-electron chi connectivity index (χ3n) is 3.89. The molecule has 0 aromatic heterocycles. The van der Waals surface area contributed by atoms with E-state index in [2.05, 4.69) is 17.1 Å². The van der Waals surface area contributed by atoms with Crippen molar-refractivity contribution in [1.82, 2.24) is 10.2 Å². The fraction of sp³-hybridized carbons (Fsp3) is 0.647. The molecular formula is C17H27FN2O. The van der Waals surface area contributed by atoms with Gasteiger partial charge < -0.3 is 10.1 Å². The second-order valence-corrected chi connectivity index (χ2v) is 5.80. The average Bonchev–Trinajstić information content (AvgIpc) is 3.31. The molecule has 3 nitrogen and oxygen atoms in total. The first-order chi connectivity index (χ1) is 10.2. The van der Waals surface area contributed by atoms with E-state index in [-0.39, 0.29) is 5.82 Å². The van der Waals surface area contributed by atoms with Crippen molar-refractivity contribution in [1.29, 1.82) is 0 Å². The van der Waals surface area contributed by atoms with Crippen LogP contribution in [0.1, 0.15) is 37.3 Å². The normalized spacial score (nSPS) is 14.9. The average molecular weight is 294 g/mol. The highest BCUT2D eigenvalue weighted by molar-refractivity contribution is 5.25. The van der Waals surface area contributed by atoms with Gasteiger partial charge in [0, 0.05) is 38.3 Å². The maximum Gasteiger partial charge on any atom is 0.127 e. The molecule has 4 heteroatoms. The van der Waals surface area contributed by atoms with Crippen LogP contribution in [-0.2, 0) is 17.8 Å². The van der Waals surface area contributed by atoms with Gasteiger partial charge in [0.15, 0.2) is 0 Å². The Kier molecular flexibility index (Phi) is 6.61. The van der Waals surface area contributed by atoms with Gasteiger partial charge in [0.2, 0.25) is 0 Å². The molecule has 1 N–H and O–H groups in total. The van der Waals surface area contributed by atoms with Crippen molar-refractivity contribution in [3.8, 4) is 0 Å². The quantitative estimate of drug-likeness (QED) is 0.672. The molecule has 21 heavy (non-hydrogen) atoms. The molecule has 0 radical (unpaired) electrons. The van der Waals surface area contributed by atoms with Crippen LogP contribution in [0, 0.1) is 5.82 Å². The molecule has 0 unspecified atom stereocenters. The topological polar surface area (TPSA) is 24.5 Å². The fourth-order valence-electron chi connectivity index (χ4n) is 2.53. The van der Waals surface area contributed by atoms with Crippen LogP contribution >= 0.6 is 0 Å². The summed E-state index contributed by atoms with van der Waals surface area (Å²) in [6.07, 6.45) is 3.56. The van der Waals surface area contributed by atoms with Crippen LogP contribution in [0.25, 0.3) is 0 Å². The largest absolute Gasteiger partial charge is 0.383 e. The van der Waals surface area contributed by atoms with E-state index in [1.807, 2.05) is 12.1 Å². The number of nitrogens with one attached hydrogen (secondary N) is 1. The molecule has 0 amide bonds. The standard InChI is InChI=1S/C17H27FN2O/c1-3-8-19-12-14-4-7-17(18)15(11-14)13-20(9-10-21-2)16-5-6-16/h4,7,11,16,19H,3,5-6,8-10,12-13H2,1-2H3. The van der Waals surface area contributed by atoms with E-state index in [1.54, 1.807) is 13.2 Å². The van der Waals surface area contributed by atoms with Gasteiger partial charge in [0.05, 0.1) is 6.61 Å². The molecule has 0 atom stereocenters. The van der Waals surface area contributed by atoms with Gasteiger partial charge in [0.1, 0.15) is 5.82 Å². The van der Waals surface area contributed by atoms with Gasteiger partial charge in [-0.25, -0.2) is 4.39 Å². The Morgan fingerprint density at radius 1 is 1.38 bits per heavy atom. The molecule has 1 fully saturated rings. The summed E-state index contributed by atoms with van der Waals surface area (Å²) in [7, 11) is 1.71. The third-order valence-corrected chi connectivity index (χ3v) is 3.89. The molecule has 118 valence electrons. The zero-order chi connectivity index (χ0) is 15.1. The lowest BCUT2D eigenvalue weighted by Gasteiger charge is -2.22. The maximum atomic E-state index is 14.0. The Hall–Kier alpha value is -0.970. The van der Waals surface area contributed by atoms with Crippen molar-refractivity contribution >= 4 is 0 Å². The minimum atomic E-state index is -0.0997. The lowest BCUT2D eigenvalue weighted by atomic mass is 10.1. The number of rotatable bonds is 10. The van der Waals surface area contributed by atoms with Crippen molar-refractivity contribution in [3.05, 3.63) is 35.1 Å². The predicted octanol–water partition coefficient (Wildman–Crippen LogP) is 2.94. The van der Waals surface area contributed by atoms with Crippen molar-refractivity contribution in [3.63, 3.8) is 0 Å². The van der Waals surface area contributed by atoms with E-state index >= 15 is 0 Å². The van der Waals surface area contributed by atoms with Crippen LogP contribution in [0.3, 0.4) is 0 Å². The van der Waals surface area contributed by atoms with Gasteiger partial charge in [0.25, 0.3) is 0 Å². The zero-order valence-corrected chi connectivity index (χ0v) is 13.2. The summed E-state index contributed by atoms with van der Waals surface area (Å²) in [4.78, 5) is 2.34. The van der Waals surface area contributed by atoms with E-state index in [0.717, 1.165) is 37.2 Å². The summed E-state index contributed by atoms with van der Waals surface area (Å²) < 4.78 is 19.2. The Morgan fingerprint density at radius 3 is 2.86 bits per heavy atom. The highest BCUT2D eigenvalue weighted by Gasteiger charge is 2.29. The van der Waals surface area contributed by atoms with Crippen LogP contribution in [0.4, 0.5) is 4.39 Å². The van der Waals surface area contributed by atoms with E-state index in [4.69, 9.17) is 4.74 Å². The Bertz CT molecular complexity index is 435. The summed E-state index contributed by atoms with van der Waals surface area (Å²) in [6.45, 7) is 6.21. The summed E-state index contributed by atoms with van der Waals surface area (Å²) in [6, 6.07) is 6.08. The minimum Gasteiger partial charge on any atom is -0.383 e. The predicted molar refractivity (Wildman–Crippen MR) is 83.7 cm³/mol. The fourth-order valence-corrected chi connectivity index (χ4v) is 2.53. The number of methoxy groups -OCH3 is 1. The monoisotopic (exact) mass is 294 g/mol. The number of ether oxygens (including phenoxy) is 1. The highest BCUT2D eigenvalue weighted by atomic mass is 19.1. The van der Waals surface area contributed by atoms with E-state index < -0.39 is 0 Å². The van der Waals surface area contributed by atoms with E-state index in [9.17, 15) is 4.39 Å². The first kappa shape index (κ1) is 16.4. The second-order valence-electron chi connectivity index (χ2n) is 5.80. The summed E-state index contributed by atoms with van der Waals surface area (Å²) in [5, 5.41) is 3.36. The van der Waals surface area contributed by atoms with Gasteiger partial charge in [-0.15, -0.1) is 0 Å². The molecule has 0 heterocycles. The van der Waals surface area contributed by atoms with Crippen molar-refractivity contribution in [2.24, 2.45) is 0 Å². The lowest BCUT2D eigenvalue weighted by molar-refractivity contribution is 0.139. The lowest BCUT2D eigenvalue weighted by Crippen LogP contribution is -2.29. The smallest absolute Gasteiger partial charge is 0.127 e. The molecule has 1 aromatic rings. The van der Waals surface area contributed by atoms with Crippen LogP contribution in [0.2, 0.25) is 0 Å². The van der Waals surface area contributed by atoms with Crippen LogP contribution in [0.15, 0.2) is 18.2 Å². The minimum absolute atomic E-state index is 0.0997. The number of hydrogen-bond acceptors (Lipinski definition) is 3. The summed E-state index contributed by atoms with van der Waals surface area (Å²) in [5.74, 6) is -0.0997. The first-order valence-corrected chi connectivity index (χ1v) is 7.95. The molecule has 0 bridgehead atoms. The van der Waals surface area contributed by atoms with E-state index in [1.165, 1.54) is 12.8 Å². The molecule has 0 saturated heterocycles. The van der Waals surface area contributed by atoms with Gasteiger partial charge >= 0.3 is 0 Å². The zero-order valence-electron chi connectivity index (χ0n) is 13.2. The molecular weight excluding hydrogens is 267 g/mol. The Morgan fingerprint density at radius 2 is 2.19 bits per heavy atom. The third kappa shape index (κ3) is 5.38. The van der Waals surface area contributed by atoms with Crippen LogP contribution in [0.5, 0.6) is 0 Å². The molecule has 1 aliphatic carbocycles. The highest BCUT2D eigenvalue weighted by Crippen LogP contribution is 2.28.